The van der Waals surface area contributed by atoms with Gasteiger partial charge in [-0.25, -0.2) is 0 Å². The van der Waals surface area contributed by atoms with E-state index in [9.17, 15) is 4.79 Å². The maximum atomic E-state index is 10.9. The van der Waals surface area contributed by atoms with Gasteiger partial charge in [-0.2, -0.15) is 0 Å². The second-order valence-corrected chi connectivity index (χ2v) is 3.95. The van der Waals surface area contributed by atoms with E-state index in [0.717, 1.165) is 5.56 Å². The summed E-state index contributed by atoms with van der Waals surface area (Å²) >= 11 is 5.90. The van der Waals surface area contributed by atoms with Crippen molar-refractivity contribution in [1.82, 2.24) is 0 Å². The monoisotopic (exact) mass is 246 g/mol. The third-order valence-corrected chi connectivity index (χ3v) is 2.70. The van der Waals surface area contributed by atoms with Crippen LogP contribution in [0.15, 0.2) is 48.5 Å². The molecule has 2 aromatic rings. The van der Waals surface area contributed by atoms with Crippen LogP contribution in [0.1, 0.15) is 15.9 Å². The van der Waals surface area contributed by atoms with Gasteiger partial charge in [0, 0.05) is 0 Å². The third-order valence-electron chi connectivity index (χ3n) is 2.37. The minimum Gasteiger partial charge on any atom is -0.488 e. The van der Waals surface area contributed by atoms with Crippen molar-refractivity contribution in [3.05, 3.63) is 64.7 Å². The van der Waals surface area contributed by atoms with Gasteiger partial charge in [0.25, 0.3) is 0 Å². The quantitative estimate of drug-likeness (QED) is 0.769. The average molecular weight is 247 g/mol. The van der Waals surface area contributed by atoms with Gasteiger partial charge >= 0.3 is 0 Å². The van der Waals surface area contributed by atoms with Crippen LogP contribution in [0.2, 0.25) is 5.02 Å². The van der Waals surface area contributed by atoms with E-state index in [1.807, 2.05) is 30.3 Å². The minimum atomic E-state index is 0.394. The maximum Gasteiger partial charge on any atom is 0.155 e. The first-order valence-corrected chi connectivity index (χ1v) is 5.59. The molecule has 3 heteroatoms. The van der Waals surface area contributed by atoms with E-state index in [0.29, 0.717) is 29.2 Å². The fourth-order valence-corrected chi connectivity index (χ4v) is 1.70. The molecule has 0 aromatic heterocycles. The SMILES string of the molecule is O=Cc1c(Cl)cccc1OCc1ccccc1. The molecule has 0 saturated heterocycles. The normalized spacial score (nSPS) is 9.94. The minimum absolute atomic E-state index is 0.394. The van der Waals surface area contributed by atoms with E-state index in [4.69, 9.17) is 16.3 Å². The highest BCUT2D eigenvalue weighted by molar-refractivity contribution is 6.33. The van der Waals surface area contributed by atoms with Crippen molar-refractivity contribution in [1.29, 1.82) is 0 Å². The molecule has 0 amide bonds. The lowest BCUT2D eigenvalue weighted by Crippen LogP contribution is -1.98. The molecule has 0 unspecified atom stereocenters. The summed E-state index contributed by atoms with van der Waals surface area (Å²) in [5.41, 5.74) is 1.44. The van der Waals surface area contributed by atoms with Gasteiger partial charge in [0.1, 0.15) is 12.4 Å². The molecule has 17 heavy (non-hydrogen) atoms. The van der Waals surface area contributed by atoms with Gasteiger partial charge in [-0.15, -0.1) is 0 Å². The van der Waals surface area contributed by atoms with E-state index in [1.165, 1.54) is 0 Å². The molecule has 0 aliphatic rings. The zero-order chi connectivity index (χ0) is 12.1. The first-order chi connectivity index (χ1) is 8.31. The number of ether oxygens (including phenoxy) is 1. The van der Waals surface area contributed by atoms with Crippen molar-refractivity contribution in [3.8, 4) is 5.75 Å². The molecule has 2 rings (SSSR count). The Labute approximate surface area is 105 Å². The number of hydrogen-bond acceptors (Lipinski definition) is 2. The highest BCUT2D eigenvalue weighted by atomic mass is 35.5. The highest BCUT2D eigenvalue weighted by Crippen LogP contribution is 2.25. The van der Waals surface area contributed by atoms with Crippen LogP contribution in [0.5, 0.6) is 5.75 Å². The Morgan fingerprint density at radius 2 is 1.82 bits per heavy atom. The van der Waals surface area contributed by atoms with Gasteiger partial charge in [0.05, 0.1) is 10.6 Å². The molecule has 86 valence electrons. The molecule has 0 fully saturated rings. The molecule has 0 saturated carbocycles. The highest BCUT2D eigenvalue weighted by Gasteiger charge is 2.06. The largest absolute Gasteiger partial charge is 0.488 e. The molecular weight excluding hydrogens is 236 g/mol. The van der Waals surface area contributed by atoms with Crippen molar-refractivity contribution >= 4 is 17.9 Å². The predicted molar refractivity (Wildman–Crippen MR) is 67.6 cm³/mol. The first kappa shape index (κ1) is 11.7. The average Bonchev–Trinajstić information content (AvgIpc) is 2.37. The Bertz CT molecular complexity index is 509. The van der Waals surface area contributed by atoms with E-state index >= 15 is 0 Å². The standard InChI is InChI=1S/C14H11ClO2/c15-13-7-4-8-14(12(13)9-16)17-10-11-5-2-1-3-6-11/h1-9H,10H2. The Balaban J connectivity index is 2.14. The molecule has 0 spiro atoms. The molecule has 0 atom stereocenters. The number of carbonyl (C=O) groups is 1. The summed E-state index contributed by atoms with van der Waals surface area (Å²) in [6, 6.07) is 14.9. The number of rotatable bonds is 4. The Kier molecular flexibility index (Phi) is 3.78. The Morgan fingerprint density at radius 3 is 2.53 bits per heavy atom. The van der Waals surface area contributed by atoms with Crippen LogP contribution < -0.4 is 4.74 Å². The summed E-state index contributed by atoms with van der Waals surface area (Å²) in [7, 11) is 0. The summed E-state index contributed by atoms with van der Waals surface area (Å²) in [4.78, 5) is 10.9. The van der Waals surface area contributed by atoms with Crippen molar-refractivity contribution in [3.63, 3.8) is 0 Å². The summed E-state index contributed by atoms with van der Waals surface area (Å²) in [5, 5.41) is 0.408. The van der Waals surface area contributed by atoms with Crippen LogP contribution in [-0.2, 0) is 6.61 Å². The smallest absolute Gasteiger partial charge is 0.155 e. The van der Waals surface area contributed by atoms with Crippen molar-refractivity contribution in [2.75, 3.05) is 0 Å². The summed E-state index contributed by atoms with van der Waals surface area (Å²) in [6.07, 6.45) is 0.711. The van der Waals surface area contributed by atoms with Gasteiger partial charge in [-0.1, -0.05) is 48.0 Å². The molecule has 0 N–H and O–H groups in total. The van der Waals surface area contributed by atoms with Crippen molar-refractivity contribution < 1.29 is 9.53 Å². The number of hydrogen-bond donors (Lipinski definition) is 0. The van der Waals surface area contributed by atoms with Crippen LogP contribution in [-0.4, -0.2) is 6.29 Å². The second kappa shape index (κ2) is 5.51. The Hall–Kier alpha value is -1.80. The number of halogens is 1. The zero-order valence-electron chi connectivity index (χ0n) is 9.10. The predicted octanol–water partition coefficient (Wildman–Crippen LogP) is 3.73. The zero-order valence-corrected chi connectivity index (χ0v) is 9.85. The summed E-state index contributed by atoms with van der Waals surface area (Å²) < 4.78 is 5.58. The third kappa shape index (κ3) is 2.86. The van der Waals surface area contributed by atoms with Gasteiger partial charge in [0.2, 0.25) is 0 Å². The lowest BCUT2D eigenvalue weighted by molar-refractivity contribution is 0.111. The molecule has 2 nitrogen and oxygen atoms in total. The molecule has 0 aliphatic carbocycles. The van der Waals surface area contributed by atoms with Gasteiger partial charge < -0.3 is 4.74 Å². The van der Waals surface area contributed by atoms with E-state index in [-0.39, 0.29) is 0 Å². The molecule has 0 bridgehead atoms. The number of aldehydes is 1. The number of carbonyl (C=O) groups excluding carboxylic acids is 1. The number of benzene rings is 2. The van der Waals surface area contributed by atoms with E-state index in [2.05, 4.69) is 0 Å². The van der Waals surface area contributed by atoms with E-state index in [1.54, 1.807) is 18.2 Å². The van der Waals surface area contributed by atoms with Crippen LogP contribution in [0.25, 0.3) is 0 Å². The van der Waals surface area contributed by atoms with Crippen LogP contribution >= 0.6 is 11.6 Å². The van der Waals surface area contributed by atoms with Gasteiger partial charge in [-0.05, 0) is 17.7 Å². The van der Waals surface area contributed by atoms with Crippen molar-refractivity contribution in [2.24, 2.45) is 0 Å². The first-order valence-electron chi connectivity index (χ1n) is 5.21. The van der Waals surface area contributed by atoms with Crippen LogP contribution in [0.4, 0.5) is 0 Å². The van der Waals surface area contributed by atoms with Gasteiger partial charge in [-0.3, -0.25) is 4.79 Å². The van der Waals surface area contributed by atoms with E-state index < -0.39 is 0 Å². The lowest BCUT2D eigenvalue weighted by atomic mass is 10.2. The topological polar surface area (TPSA) is 26.3 Å². The molecule has 0 heterocycles. The molecule has 0 aliphatic heterocycles. The summed E-state index contributed by atoms with van der Waals surface area (Å²) in [5.74, 6) is 0.511. The molecule has 2 aromatic carbocycles. The second-order valence-electron chi connectivity index (χ2n) is 3.54. The molecular formula is C14H11ClO2. The summed E-state index contributed by atoms with van der Waals surface area (Å²) in [6.45, 7) is 0.419. The fraction of sp³-hybridized carbons (Fsp3) is 0.0714. The lowest BCUT2D eigenvalue weighted by Gasteiger charge is -2.09. The maximum absolute atomic E-state index is 10.9. The van der Waals surface area contributed by atoms with Crippen molar-refractivity contribution in [2.45, 2.75) is 6.61 Å². The van der Waals surface area contributed by atoms with Crippen LogP contribution in [0, 0.1) is 0 Å². The van der Waals surface area contributed by atoms with Crippen LogP contribution in [0.3, 0.4) is 0 Å². The fourth-order valence-electron chi connectivity index (χ4n) is 1.49. The molecule has 0 radical (unpaired) electrons. The Morgan fingerprint density at radius 1 is 1.06 bits per heavy atom. The van der Waals surface area contributed by atoms with Gasteiger partial charge in [0.15, 0.2) is 6.29 Å².